The fraction of sp³-hybridized carbons (Fsp3) is 0.462. The van der Waals surface area contributed by atoms with Crippen molar-refractivity contribution in [2.75, 3.05) is 32.7 Å². The zero-order valence-electron chi connectivity index (χ0n) is 20.2. The number of nitrogens with one attached hydrogen (secondary N) is 2. The summed E-state index contributed by atoms with van der Waals surface area (Å²) in [5.41, 5.74) is 0.666. The van der Waals surface area contributed by atoms with E-state index in [1.54, 1.807) is 31.4 Å². The fourth-order valence-electron chi connectivity index (χ4n) is 4.59. The van der Waals surface area contributed by atoms with E-state index in [9.17, 15) is 14.0 Å². The molecule has 1 fully saturated rings. The number of anilines is 1. The van der Waals surface area contributed by atoms with Gasteiger partial charge in [0.1, 0.15) is 11.6 Å². The lowest BCUT2D eigenvalue weighted by Gasteiger charge is -2.33. The van der Waals surface area contributed by atoms with Gasteiger partial charge >= 0.3 is 5.97 Å². The number of hydrogen-bond donors (Lipinski definition) is 3. The van der Waals surface area contributed by atoms with Gasteiger partial charge < -0.3 is 25.2 Å². The molecule has 0 saturated heterocycles. The highest BCUT2D eigenvalue weighted by Gasteiger charge is 2.31. The Bertz CT molecular complexity index is 1060. The van der Waals surface area contributed by atoms with Crippen LogP contribution in [0, 0.1) is 17.7 Å². The van der Waals surface area contributed by atoms with E-state index >= 15 is 0 Å². The van der Waals surface area contributed by atoms with Crippen LogP contribution in [0.3, 0.4) is 0 Å². The van der Waals surface area contributed by atoms with Crippen molar-refractivity contribution in [1.29, 1.82) is 0 Å². The molecule has 0 radical (unpaired) electrons. The summed E-state index contributed by atoms with van der Waals surface area (Å²) in [4.78, 5) is 23.8. The summed E-state index contributed by atoms with van der Waals surface area (Å²) in [5, 5.41) is 15.7. The van der Waals surface area contributed by atoms with Gasteiger partial charge in [-0.3, -0.25) is 9.59 Å². The summed E-state index contributed by atoms with van der Waals surface area (Å²) in [6.45, 7) is 2.55. The number of methoxy groups -OCH3 is 2. The van der Waals surface area contributed by atoms with Gasteiger partial charge in [0.25, 0.3) is 5.91 Å². The highest BCUT2D eigenvalue weighted by atomic mass is 35.5. The first-order valence-electron chi connectivity index (χ1n) is 11.6. The maximum Gasteiger partial charge on any atom is 0.306 e. The second-order valence-corrected chi connectivity index (χ2v) is 9.60. The lowest BCUT2D eigenvalue weighted by atomic mass is 9.82. The van der Waals surface area contributed by atoms with Crippen LogP contribution in [-0.4, -0.2) is 44.4 Å². The van der Waals surface area contributed by atoms with E-state index in [4.69, 9.17) is 26.2 Å². The number of carboxylic acid groups (broad SMARTS) is 1. The van der Waals surface area contributed by atoms with Gasteiger partial charge in [-0.05, 0) is 74.9 Å². The molecule has 190 valence electrons. The Morgan fingerprint density at radius 3 is 2.46 bits per heavy atom. The molecular weight excluding hydrogens is 475 g/mol. The molecule has 0 aliphatic heterocycles. The van der Waals surface area contributed by atoms with Gasteiger partial charge in [0, 0.05) is 24.8 Å². The standard InChI is InChI=1S/C26H32ClFN2O5/c1-26(15-34-2,20-13-19(28)9-11-23(20)35-3)30-22-10-8-18(12-21(22)27)24(31)29-14-16-4-6-17(7-5-16)25(32)33/h8-13,16-17,30H,4-7,14-15H2,1-3H3,(H,29,31)(H,32,33). The van der Waals surface area contributed by atoms with Crippen LogP contribution in [0.25, 0.3) is 0 Å². The fourth-order valence-corrected chi connectivity index (χ4v) is 4.82. The molecule has 3 rings (SSSR count). The summed E-state index contributed by atoms with van der Waals surface area (Å²) in [7, 11) is 3.07. The maximum atomic E-state index is 14.1. The highest BCUT2D eigenvalue weighted by Crippen LogP contribution is 2.36. The van der Waals surface area contributed by atoms with Crippen molar-refractivity contribution in [1.82, 2.24) is 5.32 Å². The minimum atomic E-state index is -0.871. The lowest BCUT2D eigenvalue weighted by molar-refractivity contribution is -0.143. The highest BCUT2D eigenvalue weighted by molar-refractivity contribution is 6.33. The van der Waals surface area contributed by atoms with Gasteiger partial charge in [-0.15, -0.1) is 0 Å². The predicted octanol–water partition coefficient (Wildman–Crippen LogP) is 5.08. The molecule has 0 spiro atoms. The van der Waals surface area contributed by atoms with E-state index in [-0.39, 0.29) is 24.3 Å². The van der Waals surface area contributed by atoms with Crippen molar-refractivity contribution in [3.05, 3.63) is 58.4 Å². The monoisotopic (exact) mass is 506 g/mol. The number of carboxylic acids is 1. The maximum absolute atomic E-state index is 14.1. The first-order valence-corrected chi connectivity index (χ1v) is 12.0. The van der Waals surface area contributed by atoms with Crippen molar-refractivity contribution in [2.45, 2.75) is 38.1 Å². The molecule has 0 heterocycles. The third kappa shape index (κ3) is 6.64. The second-order valence-electron chi connectivity index (χ2n) is 9.20. The van der Waals surface area contributed by atoms with Gasteiger partial charge in [-0.1, -0.05) is 11.6 Å². The van der Waals surface area contributed by atoms with Crippen molar-refractivity contribution in [2.24, 2.45) is 11.8 Å². The van der Waals surface area contributed by atoms with E-state index in [1.807, 2.05) is 6.92 Å². The Hall–Kier alpha value is -2.84. The zero-order chi connectivity index (χ0) is 25.6. The van der Waals surface area contributed by atoms with E-state index in [2.05, 4.69) is 10.6 Å². The van der Waals surface area contributed by atoms with Crippen LogP contribution in [0.2, 0.25) is 5.02 Å². The molecule has 1 aliphatic carbocycles. The summed E-state index contributed by atoms with van der Waals surface area (Å²) < 4.78 is 24.9. The molecule has 3 N–H and O–H groups in total. The molecule has 1 saturated carbocycles. The number of aliphatic carboxylic acids is 1. The van der Waals surface area contributed by atoms with Crippen molar-refractivity contribution >= 4 is 29.2 Å². The Balaban J connectivity index is 1.69. The molecule has 0 bridgehead atoms. The van der Waals surface area contributed by atoms with Crippen LogP contribution in [0.4, 0.5) is 10.1 Å². The van der Waals surface area contributed by atoms with E-state index in [1.165, 1.54) is 19.2 Å². The number of hydrogen-bond acceptors (Lipinski definition) is 5. The van der Waals surface area contributed by atoms with E-state index in [0.717, 1.165) is 12.8 Å². The summed E-state index contributed by atoms with van der Waals surface area (Å²) in [6.07, 6.45) is 2.84. The van der Waals surface area contributed by atoms with Crippen molar-refractivity contribution in [3.8, 4) is 5.75 Å². The Morgan fingerprint density at radius 1 is 1.14 bits per heavy atom. The van der Waals surface area contributed by atoms with Gasteiger partial charge in [-0.25, -0.2) is 4.39 Å². The second kappa shape index (κ2) is 11.7. The molecule has 1 unspecified atom stereocenters. The van der Waals surface area contributed by atoms with Crippen LogP contribution in [0.5, 0.6) is 5.75 Å². The van der Waals surface area contributed by atoms with Crippen LogP contribution >= 0.6 is 11.6 Å². The first-order chi connectivity index (χ1) is 16.7. The summed E-state index contributed by atoms with van der Waals surface area (Å²) in [6, 6.07) is 9.23. The molecule has 35 heavy (non-hydrogen) atoms. The smallest absolute Gasteiger partial charge is 0.306 e. The number of carbonyl (C=O) groups excluding carboxylic acids is 1. The molecule has 1 amide bonds. The Kier molecular flexibility index (Phi) is 8.97. The van der Waals surface area contributed by atoms with Crippen LogP contribution in [0.15, 0.2) is 36.4 Å². The predicted molar refractivity (Wildman–Crippen MR) is 133 cm³/mol. The normalized spacial score (nSPS) is 19.5. The Morgan fingerprint density at radius 2 is 1.86 bits per heavy atom. The van der Waals surface area contributed by atoms with E-state index in [0.29, 0.717) is 47.0 Å². The quantitative estimate of drug-likeness (QED) is 0.415. The molecular formula is C26H32ClFN2O5. The van der Waals surface area contributed by atoms with Crippen LogP contribution in [0.1, 0.15) is 48.5 Å². The minimum Gasteiger partial charge on any atom is -0.496 e. The van der Waals surface area contributed by atoms with E-state index < -0.39 is 17.3 Å². The average molecular weight is 507 g/mol. The zero-order valence-corrected chi connectivity index (χ0v) is 21.0. The number of rotatable bonds is 10. The van der Waals surface area contributed by atoms with Gasteiger partial charge in [0.15, 0.2) is 0 Å². The average Bonchev–Trinajstić information content (AvgIpc) is 2.84. The van der Waals surface area contributed by atoms with Crippen molar-refractivity contribution < 1.29 is 28.6 Å². The third-order valence-corrected chi connectivity index (χ3v) is 6.89. The molecule has 1 aliphatic rings. The molecule has 9 heteroatoms. The summed E-state index contributed by atoms with van der Waals surface area (Å²) in [5.74, 6) is -0.903. The first kappa shape index (κ1) is 26.8. The number of halogens is 2. The molecule has 2 aromatic carbocycles. The van der Waals surface area contributed by atoms with Crippen molar-refractivity contribution in [3.63, 3.8) is 0 Å². The van der Waals surface area contributed by atoms with Crippen LogP contribution in [-0.2, 0) is 15.1 Å². The number of amides is 1. The lowest BCUT2D eigenvalue weighted by Crippen LogP contribution is -2.37. The SMILES string of the molecule is COCC(C)(Nc1ccc(C(=O)NCC2CCC(C(=O)O)CC2)cc1Cl)c1cc(F)ccc1OC. The Labute approximate surface area is 210 Å². The third-order valence-electron chi connectivity index (χ3n) is 6.58. The minimum absolute atomic E-state index is 0.204. The molecule has 7 nitrogen and oxygen atoms in total. The topological polar surface area (TPSA) is 96.9 Å². The molecule has 0 aromatic heterocycles. The van der Waals surface area contributed by atoms with Crippen LogP contribution < -0.4 is 15.4 Å². The molecule has 2 aromatic rings. The van der Waals surface area contributed by atoms with Gasteiger partial charge in [0.05, 0.1) is 35.9 Å². The van der Waals surface area contributed by atoms with Gasteiger partial charge in [0.2, 0.25) is 0 Å². The molecule has 1 atom stereocenters. The number of carbonyl (C=O) groups is 2. The summed E-state index contributed by atoms with van der Waals surface area (Å²) >= 11 is 6.52. The number of ether oxygens (including phenoxy) is 2. The largest absolute Gasteiger partial charge is 0.496 e. The number of benzene rings is 2. The van der Waals surface area contributed by atoms with Gasteiger partial charge in [-0.2, -0.15) is 0 Å².